The van der Waals surface area contributed by atoms with E-state index in [9.17, 15) is 9.18 Å². The Morgan fingerprint density at radius 3 is 2.53 bits per heavy atom. The minimum atomic E-state index is -0.294. The predicted molar refractivity (Wildman–Crippen MR) is 147 cm³/mol. The highest BCUT2D eigenvalue weighted by atomic mass is 19.1. The van der Waals surface area contributed by atoms with E-state index in [1.165, 1.54) is 17.8 Å². The van der Waals surface area contributed by atoms with Crippen LogP contribution >= 0.6 is 0 Å². The first-order valence-electron chi connectivity index (χ1n) is 12.8. The van der Waals surface area contributed by atoms with Gasteiger partial charge in [-0.1, -0.05) is 0 Å². The molecule has 0 spiro atoms. The number of nitrogens with zero attached hydrogens (tertiary/aromatic N) is 5. The second-order valence-corrected chi connectivity index (χ2v) is 9.67. The number of rotatable bonds is 8. The summed E-state index contributed by atoms with van der Waals surface area (Å²) in [6.45, 7) is 2.36. The number of piperidine rings is 1. The molecule has 1 fully saturated rings. The SMILES string of the molecule is CN(Cc1cccn1C)C1CCCN(C(=O)c2ccc(Nc3nccc(Nc4ccc(F)cc4)n3)cc2)C1. The number of hydrogen-bond acceptors (Lipinski definition) is 6. The summed E-state index contributed by atoms with van der Waals surface area (Å²) >= 11 is 0. The highest BCUT2D eigenvalue weighted by molar-refractivity contribution is 5.94. The average Bonchev–Trinajstić information content (AvgIpc) is 3.34. The van der Waals surface area contributed by atoms with E-state index >= 15 is 0 Å². The molecule has 2 aromatic carbocycles. The number of likely N-dealkylation sites (tertiary alicyclic amines) is 1. The zero-order chi connectivity index (χ0) is 26.5. The van der Waals surface area contributed by atoms with Gasteiger partial charge in [0.25, 0.3) is 5.91 Å². The van der Waals surface area contributed by atoms with Gasteiger partial charge in [-0.25, -0.2) is 9.37 Å². The van der Waals surface area contributed by atoms with Gasteiger partial charge in [0.15, 0.2) is 0 Å². The van der Waals surface area contributed by atoms with Gasteiger partial charge < -0.3 is 20.1 Å². The van der Waals surface area contributed by atoms with Crippen LogP contribution in [0.4, 0.5) is 27.5 Å². The molecular weight excluding hydrogens is 481 g/mol. The summed E-state index contributed by atoms with van der Waals surface area (Å²) in [7, 11) is 4.20. The van der Waals surface area contributed by atoms with E-state index in [-0.39, 0.29) is 11.7 Å². The van der Waals surface area contributed by atoms with Crippen LogP contribution < -0.4 is 10.6 Å². The second kappa shape index (κ2) is 11.4. The summed E-state index contributed by atoms with van der Waals surface area (Å²) in [4.78, 5) is 26.3. The van der Waals surface area contributed by atoms with Crippen molar-refractivity contribution in [2.24, 2.45) is 7.05 Å². The number of hydrogen-bond donors (Lipinski definition) is 2. The van der Waals surface area contributed by atoms with Gasteiger partial charge in [0.05, 0.1) is 0 Å². The Labute approximate surface area is 222 Å². The van der Waals surface area contributed by atoms with Crippen LogP contribution in [0.2, 0.25) is 0 Å². The number of amides is 1. The van der Waals surface area contributed by atoms with Crippen molar-refractivity contribution in [1.29, 1.82) is 0 Å². The van der Waals surface area contributed by atoms with Crippen molar-refractivity contribution in [2.75, 3.05) is 30.8 Å². The van der Waals surface area contributed by atoms with E-state index in [4.69, 9.17) is 0 Å². The second-order valence-electron chi connectivity index (χ2n) is 9.67. The van der Waals surface area contributed by atoms with Crippen LogP contribution in [0.25, 0.3) is 0 Å². The number of likely N-dealkylation sites (N-methyl/N-ethyl adjacent to an activating group) is 1. The maximum Gasteiger partial charge on any atom is 0.253 e. The van der Waals surface area contributed by atoms with Gasteiger partial charge in [-0.2, -0.15) is 4.98 Å². The van der Waals surface area contributed by atoms with Gasteiger partial charge in [0.1, 0.15) is 11.6 Å². The Bertz CT molecular complexity index is 1370. The van der Waals surface area contributed by atoms with Gasteiger partial charge in [-0.15, -0.1) is 0 Å². The van der Waals surface area contributed by atoms with Crippen LogP contribution in [-0.4, -0.2) is 56.4 Å². The summed E-state index contributed by atoms with van der Waals surface area (Å²) in [6.07, 6.45) is 5.78. The molecule has 3 heterocycles. The van der Waals surface area contributed by atoms with E-state index in [0.29, 0.717) is 23.4 Å². The van der Waals surface area contributed by atoms with Crippen molar-refractivity contribution in [1.82, 2.24) is 24.3 Å². The van der Waals surface area contributed by atoms with Crippen LogP contribution in [0.1, 0.15) is 28.9 Å². The van der Waals surface area contributed by atoms with Crippen LogP contribution in [0, 0.1) is 5.82 Å². The number of carbonyl (C=O) groups is 1. The highest BCUT2D eigenvalue weighted by Gasteiger charge is 2.27. The zero-order valence-electron chi connectivity index (χ0n) is 21.6. The largest absolute Gasteiger partial charge is 0.353 e. The lowest BCUT2D eigenvalue weighted by Gasteiger charge is -2.37. The molecule has 1 saturated heterocycles. The first-order chi connectivity index (χ1) is 18.4. The number of nitrogens with one attached hydrogen (secondary N) is 2. The average molecular weight is 514 g/mol. The Morgan fingerprint density at radius 1 is 1.05 bits per heavy atom. The fraction of sp³-hybridized carbons (Fsp3) is 0.276. The molecule has 196 valence electrons. The van der Waals surface area contributed by atoms with Crippen LogP contribution in [0.3, 0.4) is 0 Å². The number of benzene rings is 2. The number of anilines is 4. The van der Waals surface area contributed by atoms with Crippen LogP contribution in [-0.2, 0) is 13.6 Å². The lowest BCUT2D eigenvalue weighted by Crippen LogP contribution is -2.48. The lowest BCUT2D eigenvalue weighted by atomic mass is 10.0. The number of aryl methyl sites for hydroxylation is 1. The maximum atomic E-state index is 13.3. The molecule has 9 heteroatoms. The van der Waals surface area contributed by atoms with Crippen molar-refractivity contribution < 1.29 is 9.18 Å². The van der Waals surface area contributed by atoms with Gasteiger partial charge in [-0.3, -0.25) is 9.69 Å². The highest BCUT2D eigenvalue weighted by Crippen LogP contribution is 2.22. The van der Waals surface area contributed by atoms with E-state index in [2.05, 4.69) is 62.5 Å². The minimum absolute atomic E-state index is 0.0512. The summed E-state index contributed by atoms with van der Waals surface area (Å²) in [6, 6.07) is 19.7. The molecule has 2 aromatic heterocycles. The van der Waals surface area contributed by atoms with E-state index < -0.39 is 0 Å². The molecule has 0 saturated carbocycles. The maximum absolute atomic E-state index is 13.3. The molecule has 4 aromatic rings. The first-order valence-corrected chi connectivity index (χ1v) is 12.8. The Morgan fingerprint density at radius 2 is 1.79 bits per heavy atom. The van der Waals surface area contributed by atoms with Crippen molar-refractivity contribution >= 4 is 29.0 Å². The molecule has 1 aliphatic rings. The van der Waals surface area contributed by atoms with Gasteiger partial charge in [-0.05, 0) is 86.6 Å². The molecule has 1 aliphatic heterocycles. The minimum Gasteiger partial charge on any atom is -0.353 e. The molecular formula is C29H32FN7O. The standard InChI is InChI=1S/C29H32FN7O/c1-35-17-3-5-25(35)19-36(2)26-6-4-18-37(20-26)28(38)21-7-11-24(12-8-21)33-29-31-16-15-27(34-29)32-23-13-9-22(30)10-14-23/h3,5,7-17,26H,4,6,18-20H2,1-2H3,(H2,31,32,33,34). The van der Waals surface area contributed by atoms with E-state index in [1.54, 1.807) is 24.4 Å². The smallest absolute Gasteiger partial charge is 0.253 e. The van der Waals surface area contributed by atoms with Crippen LogP contribution in [0.15, 0.2) is 79.1 Å². The monoisotopic (exact) mass is 513 g/mol. The van der Waals surface area contributed by atoms with Gasteiger partial charge in [0, 0.05) is 67.7 Å². The third-order valence-electron chi connectivity index (χ3n) is 6.93. The number of carbonyl (C=O) groups excluding carboxylic acids is 1. The number of halogens is 1. The third-order valence-corrected chi connectivity index (χ3v) is 6.93. The Kier molecular flexibility index (Phi) is 7.65. The summed E-state index contributed by atoms with van der Waals surface area (Å²) < 4.78 is 15.3. The Balaban J connectivity index is 1.18. The van der Waals surface area contributed by atoms with E-state index in [0.717, 1.165) is 43.9 Å². The van der Waals surface area contributed by atoms with Crippen molar-refractivity contribution in [3.63, 3.8) is 0 Å². The van der Waals surface area contributed by atoms with Crippen molar-refractivity contribution in [3.05, 3.63) is 96.2 Å². The van der Waals surface area contributed by atoms with Gasteiger partial charge >= 0.3 is 0 Å². The zero-order valence-corrected chi connectivity index (χ0v) is 21.6. The molecule has 8 nitrogen and oxygen atoms in total. The number of aromatic nitrogens is 3. The summed E-state index contributed by atoms with van der Waals surface area (Å²) in [5.41, 5.74) is 3.43. The molecule has 38 heavy (non-hydrogen) atoms. The molecule has 1 atom stereocenters. The van der Waals surface area contributed by atoms with Crippen molar-refractivity contribution in [2.45, 2.75) is 25.4 Å². The third kappa shape index (κ3) is 6.18. The molecule has 2 N–H and O–H groups in total. The normalized spacial score (nSPS) is 15.5. The predicted octanol–water partition coefficient (Wildman–Crippen LogP) is 5.18. The fourth-order valence-corrected chi connectivity index (χ4v) is 4.72. The molecule has 0 radical (unpaired) electrons. The Hall–Kier alpha value is -4.24. The first kappa shape index (κ1) is 25.4. The topological polar surface area (TPSA) is 78.3 Å². The molecule has 5 rings (SSSR count). The fourth-order valence-electron chi connectivity index (χ4n) is 4.72. The lowest BCUT2D eigenvalue weighted by molar-refractivity contribution is 0.0600. The molecule has 0 aliphatic carbocycles. The molecule has 0 bridgehead atoms. The van der Waals surface area contributed by atoms with Crippen LogP contribution in [0.5, 0.6) is 0 Å². The van der Waals surface area contributed by atoms with Crippen molar-refractivity contribution in [3.8, 4) is 0 Å². The molecule has 1 unspecified atom stereocenters. The van der Waals surface area contributed by atoms with E-state index in [1.807, 2.05) is 29.2 Å². The quantitative estimate of drug-likeness (QED) is 0.338. The summed E-state index contributed by atoms with van der Waals surface area (Å²) in [5, 5.41) is 6.31. The van der Waals surface area contributed by atoms with Gasteiger partial charge in [0.2, 0.25) is 5.95 Å². The summed E-state index contributed by atoms with van der Waals surface area (Å²) in [5.74, 6) is 0.752. The molecule has 1 amide bonds.